The van der Waals surface area contributed by atoms with E-state index < -0.39 is 11.8 Å². The van der Waals surface area contributed by atoms with Crippen LogP contribution in [0.4, 0.5) is 5.69 Å². The molecule has 1 aromatic carbocycles. The molecule has 0 saturated carbocycles. The highest BCUT2D eigenvalue weighted by Gasteiger charge is 2.24. The van der Waals surface area contributed by atoms with E-state index in [-0.39, 0.29) is 5.91 Å². The minimum Gasteiger partial charge on any atom is -0.469 e. The number of hydrogen-bond donors (Lipinski definition) is 2. The fourth-order valence-electron chi connectivity index (χ4n) is 2.87. The molecule has 2 heterocycles. The van der Waals surface area contributed by atoms with Crippen LogP contribution in [0.5, 0.6) is 0 Å². The number of hydrazine groups is 1. The van der Waals surface area contributed by atoms with E-state index in [1.807, 2.05) is 6.92 Å². The number of nitrogens with zero attached hydrogens (tertiary/aromatic N) is 1. The van der Waals surface area contributed by atoms with Crippen LogP contribution >= 0.6 is 0 Å². The summed E-state index contributed by atoms with van der Waals surface area (Å²) in [7, 11) is 0. The van der Waals surface area contributed by atoms with Gasteiger partial charge in [0.1, 0.15) is 5.76 Å². The summed E-state index contributed by atoms with van der Waals surface area (Å²) in [5, 5.41) is 0. The van der Waals surface area contributed by atoms with Crippen molar-refractivity contribution in [3.63, 3.8) is 0 Å². The molecule has 0 unspecified atom stereocenters. The quantitative estimate of drug-likeness (QED) is 0.835. The van der Waals surface area contributed by atoms with Gasteiger partial charge in [-0.25, -0.2) is 0 Å². The number of carbonyl (C=O) groups excluding carboxylic acids is 3. The van der Waals surface area contributed by atoms with Crippen molar-refractivity contribution in [1.29, 1.82) is 0 Å². The molecule has 3 amide bonds. The van der Waals surface area contributed by atoms with Crippen molar-refractivity contribution < 1.29 is 18.8 Å². The second-order valence-electron chi connectivity index (χ2n) is 5.79. The number of anilines is 1. The van der Waals surface area contributed by atoms with Crippen LogP contribution in [-0.2, 0) is 11.2 Å². The second kappa shape index (κ2) is 6.80. The zero-order chi connectivity index (χ0) is 18.0. The van der Waals surface area contributed by atoms with E-state index in [4.69, 9.17) is 4.42 Å². The zero-order valence-corrected chi connectivity index (χ0v) is 14.1. The second-order valence-corrected chi connectivity index (χ2v) is 5.79. The number of aryl methyl sites for hydroxylation is 1. The number of nitrogens with one attached hydrogen (secondary N) is 2. The summed E-state index contributed by atoms with van der Waals surface area (Å²) in [6.45, 7) is 4.12. The van der Waals surface area contributed by atoms with E-state index in [1.54, 1.807) is 30.0 Å². The first-order valence-corrected chi connectivity index (χ1v) is 8.09. The predicted octanol–water partition coefficient (Wildman–Crippen LogP) is 1.96. The number of amides is 3. The van der Waals surface area contributed by atoms with Crippen molar-refractivity contribution in [2.24, 2.45) is 0 Å². The van der Waals surface area contributed by atoms with Crippen molar-refractivity contribution >= 4 is 23.4 Å². The summed E-state index contributed by atoms with van der Waals surface area (Å²) < 4.78 is 5.06. The van der Waals surface area contributed by atoms with Gasteiger partial charge in [0.25, 0.3) is 11.8 Å². The Labute approximate surface area is 145 Å². The van der Waals surface area contributed by atoms with Gasteiger partial charge in [0.2, 0.25) is 5.91 Å². The minimum absolute atomic E-state index is 0.0682. The fraction of sp³-hybridized carbons (Fsp3) is 0.278. The first-order valence-electron chi connectivity index (χ1n) is 8.09. The lowest BCUT2D eigenvalue weighted by atomic mass is 10.1. The van der Waals surface area contributed by atoms with Gasteiger partial charge >= 0.3 is 0 Å². The maximum Gasteiger partial charge on any atom is 0.273 e. The highest BCUT2D eigenvalue weighted by molar-refractivity contribution is 6.01. The van der Waals surface area contributed by atoms with Crippen LogP contribution in [0.3, 0.4) is 0 Å². The number of furan rings is 1. The van der Waals surface area contributed by atoms with Crippen LogP contribution in [0, 0.1) is 6.92 Å². The van der Waals surface area contributed by atoms with E-state index >= 15 is 0 Å². The average molecular weight is 341 g/mol. The molecule has 1 aromatic heterocycles. The molecule has 0 radical (unpaired) electrons. The number of rotatable bonds is 3. The van der Waals surface area contributed by atoms with E-state index in [9.17, 15) is 14.4 Å². The standard InChI is InChI=1S/C18H19N3O4/c1-3-16(22)21-8-6-12-10-13(4-5-15(12)21)17(23)19-20-18(24)14-7-9-25-11(14)2/h4-5,7,9-10H,3,6,8H2,1-2H3,(H,19,23)(H,20,24). The van der Waals surface area contributed by atoms with Crippen LogP contribution in [0.15, 0.2) is 34.9 Å². The molecule has 0 atom stereocenters. The van der Waals surface area contributed by atoms with Crippen LogP contribution in [0.1, 0.15) is 45.4 Å². The molecule has 3 rings (SSSR count). The first kappa shape index (κ1) is 16.8. The lowest BCUT2D eigenvalue weighted by Gasteiger charge is -2.16. The van der Waals surface area contributed by atoms with Gasteiger partial charge in [-0.3, -0.25) is 25.2 Å². The Kier molecular flexibility index (Phi) is 4.56. The summed E-state index contributed by atoms with van der Waals surface area (Å²) in [6.07, 6.45) is 2.57. The molecule has 0 fully saturated rings. The Hall–Kier alpha value is -3.09. The third-order valence-electron chi connectivity index (χ3n) is 4.23. The topological polar surface area (TPSA) is 91.7 Å². The summed E-state index contributed by atoms with van der Waals surface area (Å²) >= 11 is 0. The Morgan fingerprint density at radius 2 is 1.92 bits per heavy atom. The van der Waals surface area contributed by atoms with Crippen molar-refractivity contribution in [2.75, 3.05) is 11.4 Å². The third-order valence-corrected chi connectivity index (χ3v) is 4.23. The van der Waals surface area contributed by atoms with Gasteiger partial charge in [0, 0.05) is 24.2 Å². The van der Waals surface area contributed by atoms with Crippen LogP contribution in [0.25, 0.3) is 0 Å². The number of fused-ring (bicyclic) bond motifs is 1. The summed E-state index contributed by atoms with van der Waals surface area (Å²) in [6, 6.07) is 6.70. The van der Waals surface area contributed by atoms with Crippen molar-refractivity contribution in [3.8, 4) is 0 Å². The molecule has 25 heavy (non-hydrogen) atoms. The van der Waals surface area contributed by atoms with Crippen molar-refractivity contribution in [1.82, 2.24) is 10.9 Å². The third kappa shape index (κ3) is 3.26. The van der Waals surface area contributed by atoms with E-state index in [1.165, 1.54) is 12.3 Å². The van der Waals surface area contributed by atoms with E-state index in [0.717, 1.165) is 11.3 Å². The van der Waals surface area contributed by atoms with Gasteiger partial charge in [-0.2, -0.15) is 0 Å². The summed E-state index contributed by atoms with van der Waals surface area (Å²) in [5.41, 5.74) is 7.34. The number of carbonyl (C=O) groups is 3. The normalized spacial score (nSPS) is 12.6. The number of benzene rings is 1. The van der Waals surface area contributed by atoms with Gasteiger partial charge in [-0.15, -0.1) is 0 Å². The minimum atomic E-state index is -0.444. The smallest absolute Gasteiger partial charge is 0.273 e. The molecule has 0 aliphatic carbocycles. The summed E-state index contributed by atoms with van der Waals surface area (Å²) in [4.78, 5) is 37.9. The molecule has 2 N–H and O–H groups in total. The van der Waals surface area contributed by atoms with E-state index in [0.29, 0.717) is 36.3 Å². The average Bonchev–Trinajstić information content (AvgIpc) is 3.24. The van der Waals surface area contributed by atoms with Gasteiger partial charge in [-0.1, -0.05) is 6.92 Å². The van der Waals surface area contributed by atoms with Crippen LogP contribution < -0.4 is 15.8 Å². The van der Waals surface area contributed by atoms with Crippen molar-refractivity contribution in [2.45, 2.75) is 26.7 Å². The van der Waals surface area contributed by atoms with Crippen LogP contribution in [-0.4, -0.2) is 24.3 Å². The molecule has 2 aromatic rings. The molecule has 7 nitrogen and oxygen atoms in total. The molecule has 130 valence electrons. The highest BCUT2D eigenvalue weighted by Crippen LogP contribution is 2.29. The SMILES string of the molecule is CCC(=O)N1CCc2cc(C(=O)NNC(=O)c3ccoc3C)ccc21. The molecular weight excluding hydrogens is 322 g/mol. The predicted molar refractivity (Wildman–Crippen MR) is 91.2 cm³/mol. The lowest BCUT2D eigenvalue weighted by molar-refractivity contribution is -0.118. The Balaban J connectivity index is 1.67. The molecule has 0 spiro atoms. The lowest BCUT2D eigenvalue weighted by Crippen LogP contribution is -2.41. The van der Waals surface area contributed by atoms with Gasteiger partial charge in [-0.05, 0) is 43.2 Å². The van der Waals surface area contributed by atoms with Gasteiger partial charge < -0.3 is 9.32 Å². The molecule has 7 heteroatoms. The highest BCUT2D eigenvalue weighted by atomic mass is 16.3. The van der Waals surface area contributed by atoms with Gasteiger partial charge in [0.15, 0.2) is 0 Å². The van der Waals surface area contributed by atoms with E-state index in [2.05, 4.69) is 10.9 Å². The van der Waals surface area contributed by atoms with Gasteiger partial charge in [0.05, 0.1) is 11.8 Å². The maximum absolute atomic E-state index is 12.2. The Morgan fingerprint density at radius 3 is 2.60 bits per heavy atom. The Bertz CT molecular complexity index is 841. The Morgan fingerprint density at radius 1 is 1.16 bits per heavy atom. The monoisotopic (exact) mass is 341 g/mol. The molecule has 0 bridgehead atoms. The molecule has 1 aliphatic rings. The number of hydrogen-bond acceptors (Lipinski definition) is 4. The fourth-order valence-corrected chi connectivity index (χ4v) is 2.87. The molecule has 0 saturated heterocycles. The maximum atomic E-state index is 12.2. The summed E-state index contributed by atoms with van der Waals surface area (Å²) in [5.74, 6) is -0.318. The molecule has 1 aliphatic heterocycles. The van der Waals surface area contributed by atoms with Crippen molar-refractivity contribution in [3.05, 3.63) is 53.0 Å². The molecular formula is C18H19N3O4. The first-order chi connectivity index (χ1) is 12.0. The van der Waals surface area contributed by atoms with Crippen LogP contribution in [0.2, 0.25) is 0 Å². The largest absolute Gasteiger partial charge is 0.469 e. The zero-order valence-electron chi connectivity index (χ0n) is 14.1.